The molecule has 2 amide bonds. The molecule has 6 aliphatic rings. The number of nitrogens with zero attached hydrogens (tertiary/aromatic N) is 1. The zero-order valence-electron chi connectivity index (χ0n) is 24.7. The number of rotatable bonds is 11. The molecule has 3 atom stereocenters. The smallest absolute Gasteiger partial charge is 0.247 e. The normalized spacial score (nSPS) is 33.8. The fraction of sp³-hybridized carbons (Fsp3) is 0.706. The van der Waals surface area contributed by atoms with Crippen molar-refractivity contribution in [3.63, 3.8) is 0 Å². The number of amides is 2. The average Bonchev–Trinajstić information content (AvgIpc) is 3.49. The molecule has 5 saturated carbocycles. The number of nitrogens with one attached hydrogen (secondary N) is 1. The van der Waals surface area contributed by atoms with Gasteiger partial charge in [-0.2, -0.15) is 0 Å². The summed E-state index contributed by atoms with van der Waals surface area (Å²) in [5.74, 6) is 3.39. The van der Waals surface area contributed by atoms with Gasteiger partial charge < -0.3 is 25.2 Å². The van der Waals surface area contributed by atoms with Crippen LogP contribution < -0.4 is 10.1 Å². The zero-order valence-corrected chi connectivity index (χ0v) is 26.8. The molecule has 0 saturated heterocycles. The number of aliphatic hydroxyl groups is 2. The molecule has 3 unspecified atom stereocenters. The average molecular weight is 691 g/mol. The predicted molar refractivity (Wildman–Crippen MR) is 170 cm³/mol. The second-order valence-corrected chi connectivity index (χ2v) is 15.2. The van der Waals surface area contributed by atoms with Gasteiger partial charge >= 0.3 is 0 Å². The minimum Gasteiger partial charge on any atom is -0.482 e. The molecule has 0 aliphatic heterocycles. The lowest BCUT2D eigenvalue weighted by Gasteiger charge is -2.58. The van der Waals surface area contributed by atoms with Gasteiger partial charge in [-0.1, -0.05) is 37.8 Å². The van der Waals surface area contributed by atoms with Crippen LogP contribution in [0.1, 0.15) is 83.5 Å². The highest BCUT2D eigenvalue weighted by Crippen LogP contribution is 2.60. The summed E-state index contributed by atoms with van der Waals surface area (Å²) < 4.78 is 7.30. The van der Waals surface area contributed by atoms with Gasteiger partial charge in [0.05, 0.1) is 16.2 Å². The van der Waals surface area contributed by atoms with Gasteiger partial charge in [0.25, 0.3) is 0 Å². The minimum atomic E-state index is -0.959. The summed E-state index contributed by atoms with van der Waals surface area (Å²) in [5.41, 5.74) is 0.622. The van der Waals surface area contributed by atoms with E-state index in [1.54, 1.807) is 6.08 Å². The molecule has 1 aromatic rings. The number of hydrogen-bond donors (Lipinski definition) is 3. The fourth-order valence-electron chi connectivity index (χ4n) is 9.47. The number of ether oxygens (including phenoxy) is 1. The van der Waals surface area contributed by atoms with Gasteiger partial charge in [0.1, 0.15) is 18.0 Å². The predicted octanol–water partition coefficient (Wildman–Crippen LogP) is 5.22. The summed E-state index contributed by atoms with van der Waals surface area (Å²) >= 11 is 2.22. The molecule has 3 N–H and O–H groups in total. The topological polar surface area (TPSA) is 99.1 Å². The van der Waals surface area contributed by atoms with Crippen molar-refractivity contribution in [2.45, 2.75) is 102 Å². The van der Waals surface area contributed by atoms with E-state index in [0.717, 1.165) is 27.7 Å². The number of carbonyl (C=O) groups is 2. The van der Waals surface area contributed by atoms with E-state index in [2.05, 4.69) is 27.9 Å². The molecule has 1 aromatic carbocycles. The van der Waals surface area contributed by atoms with E-state index >= 15 is 0 Å². The molecule has 8 heteroatoms. The number of para-hydroxylation sites is 1. The molecule has 4 bridgehead atoms. The van der Waals surface area contributed by atoms with Crippen molar-refractivity contribution in [1.82, 2.24) is 10.2 Å². The summed E-state index contributed by atoms with van der Waals surface area (Å²) in [6.07, 6.45) is 14.2. The molecule has 0 heterocycles. The van der Waals surface area contributed by atoms with Crippen LogP contribution in [-0.2, 0) is 9.59 Å². The van der Waals surface area contributed by atoms with E-state index in [1.807, 2.05) is 29.2 Å². The molecular formula is C34H47IN2O5. The third-order valence-corrected chi connectivity index (χ3v) is 11.8. The van der Waals surface area contributed by atoms with Crippen LogP contribution in [0.2, 0.25) is 0 Å². The first-order valence-corrected chi connectivity index (χ1v) is 17.4. The number of hydrogen-bond acceptors (Lipinski definition) is 5. The summed E-state index contributed by atoms with van der Waals surface area (Å²) in [4.78, 5) is 29.5. The fourth-order valence-corrected chi connectivity index (χ4v) is 9.99. The van der Waals surface area contributed by atoms with Crippen LogP contribution in [-0.4, -0.2) is 64.9 Å². The highest BCUT2D eigenvalue weighted by molar-refractivity contribution is 14.1. The summed E-state index contributed by atoms with van der Waals surface area (Å²) in [7, 11) is 0. The Morgan fingerprint density at radius 3 is 2.36 bits per heavy atom. The van der Waals surface area contributed by atoms with Crippen LogP contribution in [0.25, 0.3) is 0 Å². The quantitative estimate of drug-likeness (QED) is 0.277. The first-order chi connectivity index (χ1) is 20.3. The van der Waals surface area contributed by atoms with Gasteiger partial charge in [0.2, 0.25) is 11.8 Å². The summed E-state index contributed by atoms with van der Waals surface area (Å²) in [5, 5.41) is 24.1. The first kappa shape index (κ1) is 30.4. The van der Waals surface area contributed by atoms with Gasteiger partial charge in [-0.25, -0.2) is 0 Å². The lowest BCUT2D eigenvalue weighted by molar-refractivity contribution is -0.147. The van der Waals surface area contributed by atoms with E-state index in [9.17, 15) is 19.8 Å². The Bertz CT molecular complexity index is 1130. The SMILES string of the molecule is O=C(NCCO)C1=CC(Oc2ccccc2I)C(O)C(N(CC23CC4CC(CC(C4)C2)C3)C(=O)CCC2CCCC2)C1. The molecule has 230 valence electrons. The van der Waals surface area contributed by atoms with Crippen LogP contribution >= 0.6 is 22.6 Å². The second-order valence-electron chi connectivity index (χ2n) is 14.1. The Hall–Kier alpha value is -1.65. The Labute approximate surface area is 264 Å². The highest BCUT2D eigenvalue weighted by atomic mass is 127. The van der Waals surface area contributed by atoms with E-state index < -0.39 is 18.2 Å². The third-order valence-electron chi connectivity index (χ3n) is 10.9. The van der Waals surface area contributed by atoms with Crippen molar-refractivity contribution in [2.75, 3.05) is 19.7 Å². The highest BCUT2D eigenvalue weighted by Gasteiger charge is 2.53. The van der Waals surface area contributed by atoms with E-state index in [4.69, 9.17) is 4.74 Å². The molecule has 7 nitrogen and oxygen atoms in total. The largest absolute Gasteiger partial charge is 0.482 e. The molecule has 42 heavy (non-hydrogen) atoms. The number of carbonyl (C=O) groups excluding carboxylic acids is 2. The van der Waals surface area contributed by atoms with Crippen molar-refractivity contribution in [3.8, 4) is 5.75 Å². The Kier molecular flexibility index (Phi) is 9.51. The lowest BCUT2D eigenvalue weighted by Crippen LogP contribution is -2.59. The molecule has 0 spiro atoms. The molecule has 6 aliphatic carbocycles. The maximum absolute atomic E-state index is 14.3. The molecule has 7 rings (SSSR count). The van der Waals surface area contributed by atoms with E-state index in [1.165, 1.54) is 64.2 Å². The molecule has 0 aromatic heterocycles. The minimum absolute atomic E-state index is 0.114. The van der Waals surface area contributed by atoms with Crippen LogP contribution in [0.4, 0.5) is 0 Å². The summed E-state index contributed by atoms with van der Waals surface area (Å²) in [6, 6.07) is 7.12. The van der Waals surface area contributed by atoms with Crippen molar-refractivity contribution in [3.05, 3.63) is 39.5 Å². The van der Waals surface area contributed by atoms with Crippen molar-refractivity contribution >= 4 is 34.4 Å². The summed E-state index contributed by atoms with van der Waals surface area (Å²) in [6.45, 7) is 0.677. The Balaban J connectivity index is 1.29. The van der Waals surface area contributed by atoms with Gasteiger partial charge in [-0.05, 0) is 115 Å². The van der Waals surface area contributed by atoms with E-state index in [0.29, 0.717) is 30.2 Å². The van der Waals surface area contributed by atoms with Crippen LogP contribution in [0.15, 0.2) is 35.9 Å². The standard InChI is InChI=1S/C34H47IN2O5/c35-27-7-3-4-8-29(27)42-30-17-26(33(41)36-11-12-38)16-28(32(30)40)37(31(39)10-9-22-5-1-2-6-22)21-34-18-23-13-24(19-34)15-25(14-23)20-34/h3-4,7-8,17,22-25,28,30,32,38,40H,1-2,5-6,9-16,18-21H2,(H,36,41). The van der Waals surface area contributed by atoms with Crippen LogP contribution in [0, 0.1) is 32.7 Å². The van der Waals surface area contributed by atoms with Crippen LogP contribution in [0.5, 0.6) is 5.75 Å². The van der Waals surface area contributed by atoms with Gasteiger partial charge in [0.15, 0.2) is 0 Å². The Morgan fingerprint density at radius 2 is 1.71 bits per heavy atom. The number of benzene rings is 1. The van der Waals surface area contributed by atoms with E-state index in [-0.39, 0.29) is 36.8 Å². The second kappa shape index (κ2) is 13.1. The number of aliphatic hydroxyl groups excluding tert-OH is 2. The first-order valence-electron chi connectivity index (χ1n) is 16.3. The third kappa shape index (κ3) is 6.70. The lowest BCUT2D eigenvalue weighted by atomic mass is 9.49. The van der Waals surface area contributed by atoms with Gasteiger partial charge in [0, 0.05) is 31.5 Å². The maximum Gasteiger partial charge on any atom is 0.247 e. The maximum atomic E-state index is 14.3. The van der Waals surface area contributed by atoms with Crippen molar-refractivity contribution in [2.24, 2.45) is 29.1 Å². The van der Waals surface area contributed by atoms with Crippen molar-refractivity contribution < 1.29 is 24.5 Å². The van der Waals surface area contributed by atoms with Crippen molar-refractivity contribution in [1.29, 1.82) is 0 Å². The molecule has 5 fully saturated rings. The zero-order chi connectivity index (χ0) is 29.3. The van der Waals surface area contributed by atoms with Crippen LogP contribution in [0.3, 0.4) is 0 Å². The molecule has 0 radical (unpaired) electrons. The van der Waals surface area contributed by atoms with Gasteiger partial charge in [-0.3, -0.25) is 9.59 Å². The van der Waals surface area contributed by atoms with Gasteiger partial charge in [-0.15, -0.1) is 0 Å². The number of halogens is 1. The molecular weight excluding hydrogens is 643 g/mol. The Morgan fingerprint density at radius 1 is 1.05 bits per heavy atom. The monoisotopic (exact) mass is 690 g/mol.